The van der Waals surface area contributed by atoms with Crippen molar-refractivity contribution in [3.8, 4) is 0 Å². The fourth-order valence-electron chi connectivity index (χ4n) is 2.41. The van der Waals surface area contributed by atoms with Crippen molar-refractivity contribution in [2.45, 2.75) is 45.4 Å². The lowest BCUT2D eigenvalue weighted by atomic mass is 10.0. The van der Waals surface area contributed by atoms with E-state index in [1.54, 1.807) is 0 Å². The summed E-state index contributed by atoms with van der Waals surface area (Å²) in [4.78, 5) is 0. The van der Waals surface area contributed by atoms with E-state index in [1.165, 1.54) is 55.2 Å². The van der Waals surface area contributed by atoms with Gasteiger partial charge in [-0.3, -0.25) is 0 Å². The second-order valence-corrected chi connectivity index (χ2v) is 5.18. The highest BCUT2D eigenvalue weighted by Crippen LogP contribution is 2.11. The van der Waals surface area contributed by atoms with Gasteiger partial charge < -0.3 is 0 Å². The van der Waals surface area contributed by atoms with Crippen molar-refractivity contribution in [2.75, 3.05) is 0 Å². The van der Waals surface area contributed by atoms with Gasteiger partial charge in [0, 0.05) is 0 Å². The van der Waals surface area contributed by atoms with Crippen LogP contribution in [0.25, 0.3) is 0 Å². The third-order valence-electron chi connectivity index (χ3n) is 3.53. The third kappa shape index (κ3) is 4.90. The molecule has 0 aliphatic carbocycles. The molecule has 2 aromatic rings. The van der Waals surface area contributed by atoms with E-state index in [4.69, 9.17) is 0 Å². The highest BCUT2D eigenvalue weighted by atomic mass is 14.0. The van der Waals surface area contributed by atoms with Crippen molar-refractivity contribution in [2.24, 2.45) is 0 Å². The van der Waals surface area contributed by atoms with Crippen molar-refractivity contribution in [1.29, 1.82) is 0 Å². The molecule has 0 aliphatic heterocycles. The Morgan fingerprint density at radius 1 is 0.684 bits per heavy atom. The molecule has 0 N–H and O–H groups in total. The van der Waals surface area contributed by atoms with E-state index >= 15 is 0 Å². The van der Waals surface area contributed by atoms with Crippen molar-refractivity contribution < 1.29 is 0 Å². The molecule has 0 heterocycles. The summed E-state index contributed by atoms with van der Waals surface area (Å²) in [5, 5.41) is 0. The Balaban J connectivity index is 1.70. The van der Waals surface area contributed by atoms with E-state index in [0.29, 0.717) is 0 Å². The highest BCUT2D eigenvalue weighted by Gasteiger charge is 1.96. The molecule has 0 heteroatoms. The van der Waals surface area contributed by atoms with E-state index in [9.17, 15) is 0 Å². The maximum absolute atomic E-state index is 3.06. The number of hydrogen-bond acceptors (Lipinski definition) is 0. The first-order valence-corrected chi connectivity index (χ1v) is 7.41. The number of hydrogen-bond donors (Lipinski definition) is 0. The minimum Gasteiger partial charge on any atom is -0.0651 e. The monoisotopic (exact) mass is 251 g/mol. The van der Waals surface area contributed by atoms with Crippen LogP contribution in [0.1, 0.15) is 42.9 Å². The highest BCUT2D eigenvalue weighted by molar-refractivity contribution is 5.22. The van der Waals surface area contributed by atoms with E-state index in [2.05, 4.69) is 49.4 Å². The van der Waals surface area contributed by atoms with Gasteiger partial charge >= 0.3 is 0 Å². The van der Waals surface area contributed by atoms with Gasteiger partial charge in [0.15, 0.2) is 0 Å². The van der Waals surface area contributed by atoms with Gasteiger partial charge in [-0.1, -0.05) is 61.9 Å². The maximum atomic E-state index is 3.06. The Labute approximate surface area is 117 Å². The third-order valence-corrected chi connectivity index (χ3v) is 3.53. The predicted octanol–water partition coefficient (Wildman–Crippen LogP) is 5.00. The van der Waals surface area contributed by atoms with Crippen molar-refractivity contribution >= 4 is 0 Å². The molecule has 2 rings (SSSR count). The molecule has 0 fully saturated rings. The Kier molecular flexibility index (Phi) is 5.68. The molecular formula is C19H23. The number of benzene rings is 2. The molecule has 99 valence electrons. The summed E-state index contributed by atoms with van der Waals surface area (Å²) in [6, 6.07) is 20.6. The molecule has 0 aromatic heterocycles. The fourth-order valence-corrected chi connectivity index (χ4v) is 2.41. The number of rotatable bonds is 7. The summed E-state index contributed by atoms with van der Waals surface area (Å²) in [6.07, 6.45) is 7.35. The summed E-state index contributed by atoms with van der Waals surface area (Å²) >= 11 is 0. The minimum absolute atomic E-state index is 1.18. The molecule has 19 heavy (non-hydrogen) atoms. The fraction of sp³-hybridized carbons (Fsp3) is 0.368. The zero-order valence-corrected chi connectivity index (χ0v) is 11.9. The second-order valence-electron chi connectivity index (χ2n) is 5.18. The van der Waals surface area contributed by atoms with Crippen LogP contribution in [-0.4, -0.2) is 0 Å². The van der Waals surface area contributed by atoms with E-state index < -0.39 is 0 Å². The van der Waals surface area contributed by atoms with Gasteiger partial charge in [0.05, 0.1) is 0 Å². The van der Waals surface area contributed by atoms with Crippen LogP contribution in [0, 0.1) is 6.07 Å². The lowest BCUT2D eigenvalue weighted by Gasteiger charge is -2.04. The molecule has 0 saturated carbocycles. The van der Waals surface area contributed by atoms with Crippen LogP contribution in [0.3, 0.4) is 0 Å². The lowest BCUT2D eigenvalue weighted by Crippen LogP contribution is -1.90. The van der Waals surface area contributed by atoms with Crippen LogP contribution in [0.2, 0.25) is 0 Å². The second kappa shape index (κ2) is 7.78. The average molecular weight is 251 g/mol. The van der Waals surface area contributed by atoms with Crippen molar-refractivity contribution in [3.05, 3.63) is 71.3 Å². The molecule has 1 radical (unpaired) electrons. The molecule has 0 nitrogen and oxygen atoms in total. The van der Waals surface area contributed by atoms with Gasteiger partial charge in [0.25, 0.3) is 0 Å². The molecular weight excluding hydrogens is 228 g/mol. The van der Waals surface area contributed by atoms with Crippen LogP contribution in [0.5, 0.6) is 0 Å². The van der Waals surface area contributed by atoms with Crippen LogP contribution in [0.15, 0.2) is 48.5 Å². The van der Waals surface area contributed by atoms with Crippen LogP contribution in [0.4, 0.5) is 0 Å². The van der Waals surface area contributed by atoms with Gasteiger partial charge in [-0.2, -0.15) is 0 Å². The molecule has 0 bridgehead atoms. The molecule has 0 spiro atoms. The SMILES string of the molecule is CCCc1ccc(CCCCc2cc[c]cc2)cc1. The summed E-state index contributed by atoms with van der Waals surface area (Å²) < 4.78 is 0. The average Bonchev–Trinajstić information content (AvgIpc) is 2.47. The molecule has 0 saturated heterocycles. The first-order chi connectivity index (χ1) is 9.38. The van der Waals surface area contributed by atoms with E-state index in [-0.39, 0.29) is 0 Å². The lowest BCUT2D eigenvalue weighted by molar-refractivity contribution is 0.734. The van der Waals surface area contributed by atoms with Crippen molar-refractivity contribution in [3.63, 3.8) is 0 Å². The van der Waals surface area contributed by atoms with E-state index in [1.807, 2.05) is 12.1 Å². The summed E-state index contributed by atoms with van der Waals surface area (Å²) in [5.41, 5.74) is 4.37. The zero-order valence-electron chi connectivity index (χ0n) is 11.9. The minimum atomic E-state index is 1.18. The van der Waals surface area contributed by atoms with Gasteiger partial charge in [0.1, 0.15) is 0 Å². The maximum Gasteiger partial charge on any atom is -0.0184 e. The Hall–Kier alpha value is -1.56. The smallest absolute Gasteiger partial charge is 0.0184 e. The van der Waals surface area contributed by atoms with Crippen LogP contribution in [-0.2, 0) is 19.3 Å². The van der Waals surface area contributed by atoms with Gasteiger partial charge in [-0.25, -0.2) is 0 Å². The summed E-state index contributed by atoms with van der Waals surface area (Å²) in [6.45, 7) is 2.23. The Bertz CT molecular complexity index is 453. The van der Waals surface area contributed by atoms with Crippen molar-refractivity contribution in [1.82, 2.24) is 0 Å². The number of unbranched alkanes of at least 4 members (excludes halogenated alkanes) is 1. The predicted molar refractivity (Wildman–Crippen MR) is 82.4 cm³/mol. The first kappa shape index (κ1) is 13.9. The Morgan fingerprint density at radius 2 is 1.16 bits per heavy atom. The quantitative estimate of drug-likeness (QED) is 0.607. The molecule has 0 aliphatic rings. The standard InChI is InChI=1S/C19H23/c1-2-8-17-13-15-19(16-14-17)12-7-6-11-18-9-4-3-5-10-18/h4-5,9-10,13-16H,2,6-8,11-12H2,1H3. The Morgan fingerprint density at radius 3 is 1.68 bits per heavy atom. The topological polar surface area (TPSA) is 0 Å². The molecule has 2 aromatic carbocycles. The van der Waals surface area contributed by atoms with E-state index in [0.717, 1.165) is 0 Å². The largest absolute Gasteiger partial charge is 0.0651 e. The normalized spacial score (nSPS) is 10.6. The van der Waals surface area contributed by atoms with Crippen LogP contribution < -0.4 is 0 Å². The van der Waals surface area contributed by atoms with Gasteiger partial charge in [0.2, 0.25) is 0 Å². The zero-order chi connectivity index (χ0) is 13.3. The number of aryl methyl sites for hydroxylation is 3. The molecule has 0 amide bonds. The first-order valence-electron chi connectivity index (χ1n) is 7.41. The molecule has 0 unspecified atom stereocenters. The molecule has 0 atom stereocenters. The summed E-state index contributed by atoms with van der Waals surface area (Å²) in [5.74, 6) is 0. The van der Waals surface area contributed by atoms with Gasteiger partial charge in [-0.15, -0.1) is 0 Å². The summed E-state index contributed by atoms with van der Waals surface area (Å²) in [7, 11) is 0. The van der Waals surface area contributed by atoms with Crippen LogP contribution >= 0.6 is 0 Å². The van der Waals surface area contributed by atoms with Gasteiger partial charge in [-0.05, 0) is 54.9 Å².